The first-order valence-corrected chi connectivity index (χ1v) is 8.22. The lowest BCUT2D eigenvalue weighted by Gasteiger charge is -2.21. The molecule has 2 nitrogen and oxygen atoms in total. The predicted octanol–water partition coefficient (Wildman–Crippen LogP) is 3.55. The second-order valence-electron chi connectivity index (χ2n) is 6.62. The molecule has 1 aromatic carbocycles. The zero-order valence-electron chi connectivity index (χ0n) is 12.6. The standard InChI is InChI=1S/C18H27NO/c1-14-7-10-18(20-14)12-16(13-19-17-8-9-17)11-15-5-3-2-4-6-15/h2-6,14,16-19H,7-13H2,1H3. The fourth-order valence-electron chi connectivity index (χ4n) is 3.24. The van der Waals surface area contributed by atoms with E-state index in [1.165, 1.54) is 44.1 Å². The summed E-state index contributed by atoms with van der Waals surface area (Å²) in [5, 5.41) is 3.71. The van der Waals surface area contributed by atoms with E-state index in [1.54, 1.807) is 0 Å². The van der Waals surface area contributed by atoms with E-state index in [0.717, 1.165) is 12.6 Å². The Morgan fingerprint density at radius 2 is 1.95 bits per heavy atom. The van der Waals surface area contributed by atoms with E-state index in [2.05, 4.69) is 42.6 Å². The predicted molar refractivity (Wildman–Crippen MR) is 82.8 cm³/mol. The third kappa shape index (κ3) is 4.32. The highest BCUT2D eigenvalue weighted by Gasteiger charge is 2.27. The molecule has 20 heavy (non-hydrogen) atoms. The summed E-state index contributed by atoms with van der Waals surface area (Å²) < 4.78 is 6.02. The molecule has 2 aliphatic rings. The number of hydrogen-bond donors (Lipinski definition) is 1. The average Bonchev–Trinajstić information content (AvgIpc) is 3.20. The Kier molecular flexibility index (Phi) is 4.74. The van der Waals surface area contributed by atoms with E-state index in [1.807, 2.05) is 0 Å². The van der Waals surface area contributed by atoms with Gasteiger partial charge in [-0.05, 0) is 63.5 Å². The molecule has 1 saturated heterocycles. The van der Waals surface area contributed by atoms with Crippen molar-refractivity contribution in [3.05, 3.63) is 35.9 Å². The SMILES string of the molecule is CC1CCC(CC(CNC2CC2)Cc2ccccc2)O1. The molecule has 0 spiro atoms. The Morgan fingerprint density at radius 1 is 1.15 bits per heavy atom. The van der Waals surface area contributed by atoms with Crippen LogP contribution in [-0.2, 0) is 11.2 Å². The molecule has 1 N–H and O–H groups in total. The van der Waals surface area contributed by atoms with Gasteiger partial charge in [-0.1, -0.05) is 30.3 Å². The molecule has 0 aromatic heterocycles. The third-order valence-corrected chi connectivity index (χ3v) is 4.56. The zero-order valence-corrected chi connectivity index (χ0v) is 12.6. The van der Waals surface area contributed by atoms with Crippen molar-refractivity contribution in [2.45, 2.75) is 63.7 Å². The summed E-state index contributed by atoms with van der Waals surface area (Å²) >= 11 is 0. The van der Waals surface area contributed by atoms with E-state index < -0.39 is 0 Å². The van der Waals surface area contributed by atoms with Crippen LogP contribution in [0.2, 0.25) is 0 Å². The normalized spacial score (nSPS) is 27.6. The lowest BCUT2D eigenvalue weighted by atomic mass is 9.92. The van der Waals surface area contributed by atoms with Crippen molar-refractivity contribution in [1.29, 1.82) is 0 Å². The maximum Gasteiger partial charge on any atom is 0.0583 e. The molecule has 0 bridgehead atoms. The van der Waals surface area contributed by atoms with Crippen LogP contribution in [0, 0.1) is 5.92 Å². The molecular weight excluding hydrogens is 246 g/mol. The van der Waals surface area contributed by atoms with Crippen LogP contribution in [0.3, 0.4) is 0 Å². The van der Waals surface area contributed by atoms with Gasteiger partial charge in [-0.15, -0.1) is 0 Å². The molecule has 1 aliphatic heterocycles. The third-order valence-electron chi connectivity index (χ3n) is 4.56. The molecule has 0 amide bonds. The molecule has 2 fully saturated rings. The van der Waals surface area contributed by atoms with Gasteiger partial charge in [-0.25, -0.2) is 0 Å². The molecule has 1 heterocycles. The molecule has 2 heteroatoms. The largest absolute Gasteiger partial charge is 0.375 e. The van der Waals surface area contributed by atoms with Gasteiger partial charge in [0.1, 0.15) is 0 Å². The van der Waals surface area contributed by atoms with Gasteiger partial charge < -0.3 is 10.1 Å². The van der Waals surface area contributed by atoms with Crippen LogP contribution in [0.25, 0.3) is 0 Å². The Morgan fingerprint density at radius 3 is 2.60 bits per heavy atom. The van der Waals surface area contributed by atoms with Gasteiger partial charge in [0.05, 0.1) is 12.2 Å². The first kappa shape index (κ1) is 14.1. The summed E-state index contributed by atoms with van der Waals surface area (Å²) in [6, 6.07) is 11.7. The summed E-state index contributed by atoms with van der Waals surface area (Å²) in [5.74, 6) is 0.702. The Labute approximate surface area is 122 Å². The summed E-state index contributed by atoms with van der Waals surface area (Å²) in [7, 11) is 0. The van der Waals surface area contributed by atoms with Crippen molar-refractivity contribution in [3.63, 3.8) is 0 Å². The molecule has 3 unspecified atom stereocenters. The highest BCUT2D eigenvalue weighted by Crippen LogP contribution is 2.27. The zero-order chi connectivity index (χ0) is 13.8. The summed E-state index contributed by atoms with van der Waals surface area (Å²) in [6.07, 6.45) is 8.56. The van der Waals surface area contributed by atoms with Crippen LogP contribution in [0.4, 0.5) is 0 Å². The summed E-state index contributed by atoms with van der Waals surface area (Å²) in [5.41, 5.74) is 1.46. The van der Waals surface area contributed by atoms with Gasteiger partial charge in [0.25, 0.3) is 0 Å². The summed E-state index contributed by atoms with van der Waals surface area (Å²) in [6.45, 7) is 3.35. The van der Waals surface area contributed by atoms with Gasteiger partial charge in [0, 0.05) is 6.04 Å². The molecule has 110 valence electrons. The van der Waals surface area contributed by atoms with Crippen LogP contribution in [0.5, 0.6) is 0 Å². The minimum Gasteiger partial charge on any atom is -0.375 e. The highest BCUT2D eigenvalue weighted by molar-refractivity contribution is 5.15. The Balaban J connectivity index is 1.54. The minimum atomic E-state index is 0.466. The van der Waals surface area contributed by atoms with Gasteiger partial charge in [-0.2, -0.15) is 0 Å². The quantitative estimate of drug-likeness (QED) is 0.820. The minimum absolute atomic E-state index is 0.466. The second kappa shape index (κ2) is 6.73. The first-order chi connectivity index (χ1) is 9.79. The van der Waals surface area contributed by atoms with Gasteiger partial charge in [0.2, 0.25) is 0 Å². The van der Waals surface area contributed by atoms with Crippen LogP contribution in [-0.4, -0.2) is 24.8 Å². The second-order valence-corrected chi connectivity index (χ2v) is 6.62. The molecule has 0 radical (unpaired) electrons. The van der Waals surface area contributed by atoms with Crippen molar-refractivity contribution in [1.82, 2.24) is 5.32 Å². The number of ether oxygens (including phenoxy) is 1. The van der Waals surface area contributed by atoms with E-state index in [0.29, 0.717) is 18.1 Å². The molecular formula is C18H27NO. The fourth-order valence-corrected chi connectivity index (χ4v) is 3.24. The summed E-state index contributed by atoms with van der Waals surface area (Å²) in [4.78, 5) is 0. The van der Waals surface area contributed by atoms with E-state index in [9.17, 15) is 0 Å². The fraction of sp³-hybridized carbons (Fsp3) is 0.667. The van der Waals surface area contributed by atoms with Gasteiger partial charge in [0.15, 0.2) is 0 Å². The smallest absolute Gasteiger partial charge is 0.0583 e. The molecule has 1 aromatic rings. The lowest BCUT2D eigenvalue weighted by molar-refractivity contribution is 0.0407. The monoisotopic (exact) mass is 273 g/mol. The van der Waals surface area contributed by atoms with E-state index >= 15 is 0 Å². The van der Waals surface area contributed by atoms with Crippen molar-refractivity contribution in [2.24, 2.45) is 5.92 Å². The van der Waals surface area contributed by atoms with Gasteiger partial charge >= 0.3 is 0 Å². The van der Waals surface area contributed by atoms with E-state index in [-0.39, 0.29) is 0 Å². The van der Waals surface area contributed by atoms with Gasteiger partial charge in [-0.3, -0.25) is 0 Å². The molecule has 1 aliphatic carbocycles. The van der Waals surface area contributed by atoms with Crippen LogP contribution < -0.4 is 5.32 Å². The van der Waals surface area contributed by atoms with Crippen LogP contribution in [0.15, 0.2) is 30.3 Å². The van der Waals surface area contributed by atoms with Crippen molar-refractivity contribution < 1.29 is 4.74 Å². The van der Waals surface area contributed by atoms with Crippen LogP contribution >= 0.6 is 0 Å². The first-order valence-electron chi connectivity index (χ1n) is 8.22. The molecule has 1 saturated carbocycles. The maximum absolute atomic E-state index is 6.02. The Hall–Kier alpha value is -0.860. The number of benzene rings is 1. The Bertz CT molecular complexity index is 401. The number of hydrogen-bond acceptors (Lipinski definition) is 2. The number of nitrogens with one attached hydrogen (secondary N) is 1. The van der Waals surface area contributed by atoms with Crippen molar-refractivity contribution in [3.8, 4) is 0 Å². The molecule has 3 atom stereocenters. The maximum atomic E-state index is 6.02. The van der Waals surface area contributed by atoms with Crippen molar-refractivity contribution in [2.75, 3.05) is 6.54 Å². The molecule has 3 rings (SSSR count). The van der Waals surface area contributed by atoms with Crippen LogP contribution in [0.1, 0.15) is 44.6 Å². The van der Waals surface area contributed by atoms with Crippen molar-refractivity contribution >= 4 is 0 Å². The van der Waals surface area contributed by atoms with E-state index in [4.69, 9.17) is 4.74 Å². The average molecular weight is 273 g/mol. The number of rotatable bonds is 7. The topological polar surface area (TPSA) is 21.3 Å². The highest BCUT2D eigenvalue weighted by atomic mass is 16.5. The lowest BCUT2D eigenvalue weighted by Crippen LogP contribution is -2.29.